The number of likely N-dealkylation sites (N-methyl/N-ethyl adjacent to an activating group) is 1. The van der Waals surface area contributed by atoms with Gasteiger partial charge in [-0.3, -0.25) is 0 Å². The van der Waals surface area contributed by atoms with Crippen molar-refractivity contribution >= 4 is 0 Å². The quantitative estimate of drug-likeness (QED) is 0.776. The Morgan fingerprint density at radius 3 is 2.53 bits per heavy atom. The van der Waals surface area contributed by atoms with Gasteiger partial charge < -0.3 is 15.0 Å². The summed E-state index contributed by atoms with van der Waals surface area (Å²) in [6.45, 7) is 3.32. The lowest BCUT2D eigenvalue weighted by atomic mass is 9.94. The van der Waals surface area contributed by atoms with Crippen molar-refractivity contribution in [3.63, 3.8) is 0 Å². The van der Waals surface area contributed by atoms with Gasteiger partial charge in [-0.2, -0.15) is 0 Å². The highest BCUT2D eigenvalue weighted by atomic mass is 16.5. The van der Waals surface area contributed by atoms with Crippen LogP contribution >= 0.6 is 0 Å². The molecule has 2 rings (SSSR count). The Kier molecular flexibility index (Phi) is 6.62. The molecule has 1 heterocycles. The van der Waals surface area contributed by atoms with Crippen LogP contribution in [0.3, 0.4) is 0 Å². The van der Waals surface area contributed by atoms with Crippen LogP contribution in [0.4, 0.5) is 0 Å². The molecule has 112 valence electrons. The van der Waals surface area contributed by atoms with E-state index >= 15 is 0 Å². The van der Waals surface area contributed by atoms with Gasteiger partial charge in [-0.15, -0.1) is 0 Å². The topological polar surface area (TPSA) is 24.5 Å². The van der Waals surface area contributed by atoms with Gasteiger partial charge >= 0.3 is 0 Å². The van der Waals surface area contributed by atoms with Crippen LogP contribution in [-0.4, -0.2) is 50.8 Å². The second kappa shape index (κ2) is 8.23. The molecule has 3 unspecified atom stereocenters. The van der Waals surface area contributed by atoms with Crippen molar-refractivity contribution in [3.8, 4) is 0 Å². The third-order valence-electron chi connectivity index (χ3n) is 4.87. The molecule has 3 heteroatoms. The number of nitrogens with zero attached hydrogens (tertiary/aromatic N) is 1. The molecule has 0 aromatic carbocycles. The maximum atomic E-state index is 5.86. The van der Waals surface area contributed by atoms with Crippen molar-refractivity contribution in [2.45, 2.75) is 63.5 Å². The first-order valence-corrected chi connectivity index (χ1v) is 8.27. The Bertz CT molecular complexity index is 241. The molecule has 0 aromatic rings. The van der Waals surface area contributed by atoms with E-state index in [1.807, 2.05) is 0 Å². The largest absolute Gasteiger partial charge is 0.377 e. The summed E-state index contributed by atoms with van der Waals surface area (Å²) >= 11 is 0. The Hall–Kier alpha value is -0.120. The third-order valence-corrected chi connectivity index (χ3v) is 4.87. The van der Waals surface area contributed by atoms with E-state index in [9.17, 15) is 0 Å². The van der Waals surface area contributed by atoms with Crippen LogP contribution in [-0.2, 0) is 4.74 Å². The molecule has 2 aliphatic rings. The Labute approximate surface area is 119 Å². The standard InChI is InChI=1S/C16H32N2O/c1-17-16-10-5-3-4-8-14(16)12-18(2)13-15-9-6-7-11-19-15/h14-17H,3-13H2,1-2H3. The van der Waals surface area contributed by atoms with Gasteiger partial charge in [0.25, 0.3) is 0 Å². The molecule has 1 aliphatic carbocycles. The molecular formula is C16H32N2O. The normalized spacial score (nSPS) is 33.3. The van der Waals surface area contributed by atoms with Crippen LogP contribution in [0.5, 0.6) is 0 Å². The fourth-order valence-electron chi connectivity index (χ4n) is 3.76. The third kappa shape index (κ3) is 5.05. The van der Waals surface area contributed by atoms with Gasteiger partial charge in [-0.05, 0) is 52.1 Å². The highest BCUT2D eigenvalue weighted by molar-refractivity contribution is 4.81. The Morgan fingerprint density at radius 1 is 1.00 bits per heavy atom. The summed E-state index contributed by atoms with van der Waals surface area (Å²) in [5.74, 6) is 0.820. The van der Waals surface area contributed by atoms with E-state index in [1.165, 1.54) is 57.9 Å². The fourth-order valence-corrected chi connectivity index (χ4v) is 3.76. The highest BCUT2D eigenvalue weighted by Gasteiger charge is 2.24. The molecule has 0 radical (unpaired) electrons. The zero-order chi connectivity index (χ0) is 13.5. The van der Waals surface area contributed by atoms with Crippen LogP contribution in [0.2, 0.25) is 0 Å². The monoisotopic (exact) mass is 268 g/mol. The van der Waals surface area contributed by atoms with E-state index in [2.05, 4.69) is 24.3 Å². The van der Waals surface area contributed by atoms with Crippen molar-refractivity contribution in [3.05, 3.63) is 0 Å². The zero-order valence-electron chi connectivity index (χ0n) is 12.9. The molecular weight excluding hydrogens is 236 g/mol. The first-order valence-electron chi connectivity index (χ1n) is 8.27. The molecule has 0 spiro atoms. The van der Waals surface area contributed by atoms with Gasteiger partial charge in [-0.1, -0.05) is 19.3 Å². The lowest BCUT2D eigenvalue weighted by Gasteiger charge is -2.32. The molecule has 1 aliphatic heterocycles. The molecule has 2 fully saturated rings. The molecule has 0 bridgehead atoms. The van der Waals surface area contributed by atoms with Crippen molar-refractivity contribution in [2.75, 3.05) is 33.8 Å². The van der Waals surface area contributed by atoms with E-state index in [-0.39, 0.29) is 0 Å². The average Bonchev–Trinajstić information content (AvgIpc) is 2.64. The number of ether oxygens (including phenoxy) is 1. The van der Waals surface area contributed by atoms with Crippen molar-refractivity contribution in [1.82, 2.24) is 10.2 Å². The minimum Gasteiger partial charge on any atom is -0.377 e. The predicted molar refractivity (Wildman–Crippen MR) is 80.5 cm³/mol. The summed E-state index contributed by atoms with van der Waals surface area (Å²) in [6.07, 6.45) is 11.3. The number of nitrogens with one attached hydrogen (secondary N) is 1. The maximum Gasteiger partial charge on any atom is 0.0701 e. The van der Waals surface area contributed by atoms with E-state index in [1.54, 1.807) is 0 Å². The molecule has 0 aromatic heterocycles. The van der Waals surface area contributed by atoms with Gasteiger partial charge in [0, 0.05) is 25.7 Å². The number of hydrogen-bond donors (Lipinski definition) is 1. The molecule has 19 heavy (non-hydrogen) atoms. The Morgan fingerprint density at radius 2 is 1.79 bits per heavy atom. The van der Waals surface area contributed by atoms with Crippen LogP contribution < -0.4 is 5.32 Å². The minimum absolute atomic E-state index is 0.484. The average molecular weight is 268 g/mol. The first-order chi connectivity index (χ1) is 9.29. The summed E-state index contributed by atoms with van der Waals surface area (Å²) in [5.41, 5.74) is 0. The molecule has 3 nitrogen and oxygen atoms in total. The fraction of sp³-hybridized carbons (Fsp3) is 1.00. The predicted octanol–water partition coefficient (Wildman–Crippen LogP) is 2.66. The molecule has 0 amide bonds. The Balaban J connectivity index is 1.76. The molecule has 1 N–H and O–H groups in total. The maximum absolute atomic E-state index is 5.86. The molecule has 1 saturated heterocycles. The van der Waals surface area contributed by atoms with E-state index in [0.29, 0.717) is 6.10 Å². The summed E-state index contributed by atoms with van der Waals surface area (Å²) in [7, 11) is 4.41. The van der Waals surface area contributed by atoms with Gasteiger partial charge in [0.15, 0.2) is 0 Å². The lowest BCUT2D eigenvalue weighted by Crippen LogP contribution is -2.42. The van der Waals surface area contributed by atoms with Crippen molar-refractivity contribution in [2.24, 2.45) is 5.92 Å². The molecule has 3 atom stereocenters. The molecule has 1 saturated carbocycles. The van der Waals surface area contributed by atoms with Crippen molar-refractivity contribution < 1.29 is 4.74 Å². The van der Waals surface area contributed by atoms with Gasteiger partial charge in [0.1, 0.15) is 0 Å². The van der Waals surface area contributed by atoms with Crippen molar-refractivity contribution in [1.29, 1.82) is 0 Å². The lowest BCUT2D eigenvalue weighted by molar-refractivity contribution is -0.00437. The summed E-state index contributed by atoms with van der Waals surface area (Å²) in [5, 5.41) is 3.55. The summed E-state index contributed by atoms with van der Waals surface area (Å²) in [4.78, 5) is 2.51. The summed E-state index contributed by atoms with van der Waals surface area (Å²) in [6, 6.07) is 0.720. The van der Waals surface area contributed by atoms with Gasteiger partial charge in [-0.25, -0.2) is 0 Å². The van der Waals surface area contributed by atoms with E-state index in [0.717, 1.165) is 25.1 Å². The smallest absolute Gasteiger partial charge is 0.0701 e. The van der Waals surface area contributed by atoms with Crippen LogP contribution in [0.1, 0.15) is 51.4 Å². The second-order valence-electron chi connectivity index (χ2n) is 6.50. The van der Waals surface area contributed by atoms with E-state index in [4.69, 9.17) is 4.74 Å². The number of hydrogen-bond acceptors (Lipinski definition) is 3. The van der Waals surface area contributed by atoms with Crippen LogP contribution in [0, 0.1) is 5.92 Å². The second-order valence-corrected chi connectivity index (χ2v) is 6.50. The van der Waals surface area contributed by atoms with Crippen LogP contribution in [0.15, 0.2) is 0 Å². The highest BCUT2D eigenvalue weighted by Crippen LogP contribution is 2.24. The number of rotatable bonds is 5. The zero-order valence-corrected chi connectivity index (χ0v) is 12.9. The minimum atomic E-state index is 0.484. The van der Waals surface area contributed by atoms with Gasteiger partial charge in [0.05, 0.1) is 6.10 Å². The van der Waals surface area contributed by atoms with E-state index < -0.39 is 0 Å². The van der Waals surface area contributed by atoms with Gasteiger partial charge in [0.2, 0.25) is 0 Å². The first kappa shape index (κ1) is 15.3. The summed E-state index contributed by atoms with van der Waals surface area (Å²) < 4.78 is 5.86. The SMILES string of the molecule is CNC1CCCCCC1CN(C)CC1CCCCO1. The van der Waals surface area contributed by atoms with Crippen LogP contribution in [0.25, 0.3) is 0 Å².